The number of thiazole rings is 1. The van der Waals surface area contributed by atoms with Crippen molar-refractivity contribution in [1.29, 1.82) is 0 Å². The molecule has 26 heavy (non-hydrogen) atoms. The van der Waals surface area contributed by atoms with Crippen molar-refractivity contribution in [2.24, 2.45) is 4.99 Å². The van der Waals surface area contributed by atoms with Gasteiger partial charge in [-0.3, -0.25) is 4.99 Å². The number of rotatable bonds is 5. The molecule has 1 aliphatic carbocycles. The highest BCUT2D eigenvalue weighted by molar-refractivity contribution is 7.09. The molecule has 0 atom stereocenters. The minimum absolute atomic E-state index is 0.132. The Morgan fingerprint density at radius 3 is 2.58 bits per heavy atom. The lowest BCUT2D eigenvalue weighted by Gasteiger charge is -2.19. The van der Waals surface area contributed by atoms with E-state index < -0.39 is 11.9 Å². The largest absolute Gasteiger partial charge is 0.434 e. The molecule has 1 aromatic heterocycles. The first-order valence-corrected chi connectivity index (χ1v) is 8.93. The zero-order chi connectivity index (χ0) is 18.8. The molecule has 2 N–H and O–H groups in total. The third-order valence-electron chi connectivity index (χ3n) is 4.37. The third-order valence-corrected chi connectivity index (χ3v) is 5.21. The van der Waals surface area contributed by atoms with Gasteiger partial charge in [-0.1, -0.05) is 18.2 Å². The minimum Gasteiger partial charge on any atom is -0.356 e. The maximum atomic E-state index is 14.0. The summed E-state index contributed by atoms with van der Waals surface area (Å²) in [5.74, 6) is 0.216. The number of aliphatic imine (C=N–C) groups is 1. The molecule has 1 saturated carbocycles. The number of nitrogens with one attached hydrogen (secondary N) is 2. The summed E-state index contributed by atoms with van der Waals surface area (Å²) in [6, 6.07) is 6.70. The molecule has 0 bridgehead atoms. The maximum absolute atomic E-state index is 14.0. The van der Waals surface area contributed by atoms with Crippen LogP contribution in [0.5, 0.6) is 0 Å². The molecule has 0 spiro atoms. The van der Waals surface area contributed by atoms with E-state index in [-0.39, 0.29) is 17.8 Å². The van der Waals surface area contributed by atoms with Crippen LogP contribution in [0.25, 0.3) is 0 Å². The Morgan fingerprint density at radius 2 is 2.00 bits per heavy atom. The van der Waals surface area contributed by atoms with Crippen LogP contribution in [-0.4, -0.2) is 24.5 Å². The number of benzene rings is 1. The molecule has 3 rings (SSSR count). The van der Waals surface area contributed by atoms with Crippen LogP contribution >= 0.6 is 11.3 Å². The van der Waals surface area contributed by atoms with Gasteiger partial charge in [-0.15, -0.1) is 11.3 Å². The highest BCUT2D eigenvalue weighted by Gasteiger charge is 2.45. The average Bonchev–Trinajstić information content (AvgIpc) is 3.22. The number of hydrogen-bond acceptors (Lipinski definition) is 3. The van der Waals surface area contributed by atoms with Gasteiger partial charge in [0.05, 0.1) is 6.54 Å². The van der Waals surface area contributed by atoms with Crippen molar-refractivity contribution in [1.82, 2.24) is 15.6 Å². The van der Waals surface area contributed by atoms with Gasteiger partial charge in [0.1, 0.15) is 10.8 Å². The van der Waals surface area contributed by atoms with Crippen LogP contribution in [0.4, 0.5) is 17.6 Å². The van der Waals surface area contributed by atoms with Crippen LogP contribution in [0, 0.1) is 5.82 Å². The second kappa shape index (κ2) is 7.22. The molecule has 0 aliphatic heterocycles. The summed E-state index contributed by atoms with van der Waals surface area (Å²) in [7, 11) is 1.57. The number of nitrogens with zero attached hydrogens (tertiary/aromatic N) is 2. The first-order valence-electron chi connectivity index (χ1n) is 8.05. The summed E-state index contributed by atoms with van der Waals surface area (Å²) in [6.07, 6.45) is -2.69. The molecule has 4 nitrogen and oxygen atoms in total. The summed E-state index contributed by atoms with van der Waals surface area (Å²) in [5.41, 5.74) is -0.468. The smallest absolute Gasteiger partial charge is 0.356 e. The highest BCUT2D eigenvalue weighted by Crippen LogP contribution is 2.48. The van der Waals surface area contributed by atoms with Crippen LogP contribution in [0.15, 0.2) is 34.6 Å². The van der Waals surface area contributed by atoms with Gasteiger partial charge in [-0.2, -0.15) is 13.2 Å². The lowest BCUT2D eigenvalue weighted by Crippen LogP contribution is -2.41. The highest BCUT2D eigenvalue weighted by atomic mass is 32.1. The summed E-state index contributed by atoms with van der Waals surface area (Å²) in [6.45, 7) is 0.631. The van der Waals surface area contributed by atoms with Crippen molar-refractivity contribution in [3.8, 4) is 0 Å². The first kappa shape index (κ1) is 18.6. The van der Waals surface area contributed by atoms with Crippen molar-refractivity contribution < 1.29 is 17.6 Å². The molecule has 1 heterocycles. The van der Waals surface area contributed by atoms with E-state index in [2.05, 4.69) is 20.6 Å². The van der Waals surface area contributed by atoms with E-state index in [1.54, 1.807) is 19.2 Å². The van der Waals surface area contributed by atoms with Crippen molar-refractivity contribution >= 4 is 17.3 Å². The van der Waals surface area contributed by atoms with E-state index in [4.69, 9.17) is 0 Å². The van der Waals surface area contributed by atoms with Gasteiger partial charge < -0.3 is 10.6 Å². The van der Waals surface area contributed by atoms with E-state index in [0.717, 1.165) is 29.6 Å². The zero-order valence-electron chi connectivity index (χ0n) is 14.0. The van der Waals surface area contributed by atoms with E-state index in [0.29, 0.717) is 23.1 Å². The molecule has 0 amide bonds. The van der Waals surface area contributed by atoms with Gasteiger partial charge in [-0.05, 0) is 24.5 Å². The molecular weight excluding hydrogens is 368 g/mol. The standard InChI is InChI=1S/C17H18F4N4S/c1-22-15(23-8-14-25-13(9-26-14)17(19,20)21)24-10-16(6-7-16)11-4-2-3-5-12(11)18/h2-5,9H,6-8,10H2,1H3,(H2,22,23,24). The second-order valence-corrected chi connectivity index (χ2v) is 7.11. The Hall–Kier alpha value is -2.16. The van der Waals surface area contributed by atoms with Crippen molar-refractivity contribution in [3.63, 3.8) is 0 Å². The molecule has 1 aliphatic rings. The summed E-state index contributed by atoms with van der Waals surface area (Å²) < 4.78 is 51.8. The van der Waals surface area contributed by atoms with Crippen LogP contribution < -0.4 is 10.6 Å². The molecule has 0 radical (unpaired) electrons. The molecule has 0 unspecified atom stereocenters. The van der Waals surface area contributed by atoms with E-state index in [9.17, 15) is 17.6 Å². The van der Waals surface area contributed by atoms with Crippen molar-refractivity contribution in [2.75, 3.05) is 13.6 Å². The number of aromatic nitrogens is 1. The van der Waals surface area contributed by atoms with Gasteiger partial charge in [-0.25, -0.2) is 9.37 Å². The van der Waals surface area contributed by atoms with Gasteiger partial charge in [0.15, 0.2) is 11.7 Å². The molecule has 9 heteroatoms. The normalized spacial score (nSPS) is 16.4. The first-order chi connectivity index (χ1) is 12.3. The molecule has 0 saturated heterocycles. The predicted octanol–water partition coefficient (Wildman–Crippen LogP) is 3.70. The van der Waals surface area contributed by atoms with Gasteiger partial charge in [0, 0.05) is 24.4 Å². The van der Waals surface area contributed by atoms with Gasteiger partial charge >= 0.3 is 6.18 Å². The average molecular weight is 386 g/mol. The zero-order valence-corrected chi connectivity index (χ0v) is 14.8. The van der Waals surface area contributed by atoms with Crippen LogP contribution in [0.1, 0.15) is 29.1 Å². The Bertz CT molecular complexity index is 796. The minimum atomic E-state index is -4.44. The molecule has 140 valence electrons. The van der Waals surface area contributed by atoms with Crippen LogP contribution in [0.2, 0.25) is 0 Å². The van der Waals surface area contributed by atoms with E-state index in [1.165, 1.54) is 6.07 Å². The lowest BCUT2D eigenvalue weighted by molar-refractivity contribution is -0.140. The van der Waals surface area contributed by atoms with Gasteiger partial charge in [0.2, 0.25) is 0 Å². The quantitative estimate of drug-likeness (QED) is 0.468. The Balaban J connectivity index is 1.56. The maximum Gasteiger partial charge on any atom is 0.434 e. The lowest BCUT2D eigenvalue weighted by atomic mass is 9.95. The Labute approximate surface area is 152 Å². The second-order valence-electron chi connectivity index (χ2n) is 6.16. The fourth-order valence-corrected chi connectivity index (χ4v) is 3.48. The van der Waals surface area contributed by atoms with Gasteiger partial charge in [0.25, 0.3) is 0 Å². The summed E-state index contributed by atoms with van der Waals surface area (Å²) in [5, 5.41) is 7.38. The molecule has 2 aromatic rings. The van der Waals surface area contributed by atoms with E-state index >= 15 is 0 Å². The fourth-order valence-electron chi connectivity index (χ4n) is 2.74. The number of halogens is 4. The van der Waals surface area contributed by atoms with Crippen molar-refractivity contribution in [3.05, 3.63) is 51.7 Å². The van der Waals surface area contributed by atoms with Crippen LogP contribution in [0.3, 0.4) is 0 Å². The summed E-state index contributed by atoms with van der Waals surface area (Å²) >= 11 is 0.938. The fraction of sp³-hybridized carbons (Fsp3) is 0.412. The third kappa shape index (κ3) is 4.14. The molecule has 1 fully saturated rings. The van der Waals surface area contributed by atoms with E-state index in [1.807, 2.05) is 6.07 Å². The van der Waals surface area contributed by atoms with Crippen LogP contribution in [-0.2, 0) is 18.1 Å². The monoisotopic (exact) mass is 386 g/mol. The Kier molecular flexibility index (Phi) is 5.17. The Morgan fingerprint density at radius 1 is 1.27 bits per heavy atom. The molecule has 1 aromatic carbocycles. The molecular formula is C17H18F4N4S. The number of hydrogen-bond donors (Lipinski definition) is 2. The number of alkyl halides is 3. The topological polar surface area (TPSA) is 49.3 Å². The number of guanidine groups is 1. The SMILES string of the molecule is CN=C(NCc1nc(C(F)(F)F)cs1)NCC1(c2ccccc2F)CC1. The predicted molar refractivity (Wildman–Crippen MR) is 92.6 cm³/mol. The van der Waals surface area contributed by atoms with Crippen molar-refractivity contribution in [2.45, 2.75) is 31.0 Å². The summed E-state index contributed by atoms with van der Waals surface area (Å²) in [4.78, 5) is 7.63.